The largest absolute Gasteiger partial charge is 0.462 e. The van der Waals surface area contributed by atoms with Crippen LogP contribution in [0.1, 0.15) is 265 Å². The van der Waals surface area contributed by atoms with E-state index in [0.29, 0.717) is 19.3 Å². The van der Waals surface area contributed by atoms with Crippen molar-refractivity contribution in [2.75, 3.05) is 13.2 Å². The summed E-state index contributed by atoms with van der Waals surface area (Å²) in [5.74, 6) is -0.938. The summed E-state index contributed by atoms with van der Waals surface area (Å²) in [6, 6.07) is 0. The van der Waals surface area contributed by atoms with Gasteiger partial charge in [-0.25, -0.2) is 0 Å². The molecule has 0 saturated heterocycles. The molecule has 0 aromatic carbocycles. The summed E-state index contributed by atoms with van der Waals surface area (Å²) >= 11 is 0. The highest BCUT2D eigenvalue weighted by Gasteiger charge is 2.19. The first-order valence-electron chi connectivity index (χ1n) is 26.8. The van der Waals surface area contributed by atoms with Gasteiger partial charge in [0.1, 0.15) is 13.2 Å². The van der Waals surface area contributed by atoms with Gasteiger partial charge in [0.15, 0.2) is 6.10 Å². The molecule has 0 saturated carbocycles. The molecule has 0 N–H and O–H groups in total. The maximum Gasteiger partial charge on any atom is 0.306 e. The van der Waals surface area contributed by atoms with Gasteiger partial charge in [0.2, 0.25) is 0 Å². The monoisotopic (exact) mass is 881 g/mol. The second-order valence-electron chi connectivity index (χ2n) is 17.8. The summed E-state index contributed by atoms with van der Waals surface area (Å²) in [4.78, 5) is 38.0. The number of rotatable bonds is 48. The lowest BCUT2D eigenvalue weighted by atomic mass is 10.1. The lowest BCUT2D eigenvalue weighted by Crippen LogP contribution is -2.30. The molecule has 0 spiro atoms. The van der Waals surface area contributed by atoms with E-state index < -0.39 is 6.10 Å². The van der Waals surface area contributed by atoms with Crippen LogP contribution in [0.25, 0.3) is 0 Å². The van der Waals surface area contributed by atoms with Gasteiger partial charge in [0.25, 0.3) is 0 Å². The molecule has 0 amide bonds. The summed E-state index contributed by atoms with van der Waals surface area (Å²) in [7, 11) is 0. The fourth-order valence-electron chi connectivity index (χ4n) is 7.38. The molecule has 1 atom stereocenters. The van der Waals surface area contributed by atoms with Gasteiger partial charge in [-0.3, -0.25) is 14.4 Å². The molecule has 0 aromatic heterocycles. The fraction of sp³-hybridized carbons (Fsp3) is 0.772. The molecule has 0 heterocycles. The van der Waals surface area contributed by atoms with E-state index in [-0.39, 0.29) is 31.1 Å². The Labute approximate surface area is 390 Å². The Hall–Kier alpha value is -2.89. The van der Waals surface area contributed by atoms with Gasteiger partial charge in [-0.05, 0) is 109 Å². The lowest BCUT2D eigenvalue weighted by Gasteiger charge is -2.18. The number of hydrogen-bond acceptors (Lipinski definition) is 6. The number of carbonyl (C=O) groups excluding carboxylic acids is 3. The van der Waals surface area contributed by atoms with Gasteiger partial charge in [-0.1, -0.05) is 197 Å². The van der Waals surface area contributed by atoms with E-state index in [2.05, 4.69) is 81.5 Å². The quantitative estimate of drug-likeness (QED) is 0.0262. The van der Waals surface area contributed by atoms with Gasteiger partial charge < -0.3 is 14.2 Å². The van der Waals surface area contributed by atoms with Crippen LogP contribution in [0.3, 0.4) is 0 Å². The van der Waals surface area contributed by atoms with Crippen LogP contribution < -0.4 is 0 Å². The molecule has 0 unspecified atom stereocenters. The summed E-state index contributed by atoms with van der Waals surface area (Å²) in [5.41, 5.74) is 0. The zero-order valence-electron chi connectivity index (χ0n) is 41.6. The van der Waals surface area contributed by atoms with E-state index in [0.717, 1.165) is 77.0 Å². The molecule has 0 bridgehead atoms. The Balaban J connectivity index is 4.45. The molecule has 63 heavy (non-hydrogen) atoms. The van der Waals surface area contributed by atoms with Crippen LogP contribution in [-0.2, 0) is 28.6 Å². The molecular formula is C57H100O6. The molecule has 0 fully saturated rings. The molecule has 0 rings (SSSR count). The van der Waals surface area contributed by atoms with Gasteiger partial charge in [-0.15, -0.1) is 0 Å². The molecule has 6 nitrogen and oxygen atoms in total. The minimum atomic E-state index is -0.794. The molecule has 0 aliphatic carbocycles. The summed E-state index contributed by atoms with van der Waals surface area (Å²) < 4.78 is 16.8. The van der Waals surface area contributed by atoms with E-state index in [1.165, 1.54) is 148 Å². The standard InChI is InChI=1S/C57H100O6/c1-4-7-10-13-16-19-22-25-28-31-34-37-40-43-46-49-55(58)61-52-54(63-57(60)51-48-45-42-39-36-33-30-27-24-21-18-15-12-9-6-3)53-62-56(59)50-47-44-41-38-35-32-29-26-23-20-17-14-11-8-5-2/h16,19,21,24-26,28-29,34,37,54H,4-15,17-18,20,22-23,27,30-33,35-36,38-53H2,1-3H3/b19-16-,24-21-,28-25-,29-26-,37-34-/t54-/m1/s1. The third-order valence-electron chi connectivity index (χ3n) is 11.5. The zero-order chi connectivity index (χ0) is 45.8. The molecule has 0 aromatic rings. The van der Waals surface area contributed by atoms with Crippen LogP contribution >= 0.6 is 0 Å². The number of allylic oxidation sites excluding steroid dienone is 10. The molecule has 0 radical (unpaired) electrons. The van der Waals surface area contributed by atoms with Crippen molar-refractivity contribution in [2.45, 2.75) is 271 Å². The minimum Gasteiger partial charge on any atom is -0.462 e. The van der Waals surface area contributed by atoms with E-state index in [1.54, 1.807) is 0 Å². The highest BCUT2D eigenvalue weighted by Crippen LogP contribution is 2.14. The lowest BCUT2D eigenvalue weighted by molar-refractivity contribution is -0.167. The molecule has 364 valence electrons. The summed E-state index contributed by atoms with van der Waals surface area (Å²) in [6.45, 7) is 6.56. The summed E-state index contributed by atoms with van der Waals surface area (Å²) in [5, 5.41) is 0. The first kappa shape index (κ1) is 60.1. The van der Waals surface area contributed by atoms with Crippen molar-refractivity contribution in [3.63, 3.8) is 0 Å². The first-order chi connectivity index (χ1) is 31.0. The zero-order valence-corrected chi connectivity index (χ0v) is 41.6. The smallest absolute Gasteiger partial charge is 0.306 e. The van der Waals surface area contributed by atoms with Gasteiger partial charge in [0.05, 0.1) is 0 Å². The molecule has 0 aliphatic heterocycles. The van der Waals surface area contributed by atoms with E-state index in [4.69, 9.17) is 14.2 Å². The van der Waals surface area contributed by atoms with Crippen molar-refractivity contribution in [1.29, 1.82) is 0 Å². The van der Waals surface area contributed by atoms with Crippen molar-refractivity contribution >= 4 is 17.9 Å². The van der Waals surface area contributed by atoms with Gasteiger partial charge >= 0.3 is 17.9 Å². The average Bonchev–Trinajstić information content (AvgIpc) is 3.28. The average molecular weight is 881 g/mol. The van der Waals surface area contributed by atoms with Crippen LogP contribution in [0.15, 0.2) is 60.8 Å². The van der Waals surface area contributed by atoms with Crippen molar-refractivity contribution in [3.05, 3.63) is 60.8 Å². The Kier molecular flexibility index (Phi) is 49.4. The van der Waals surface area contributed by atoms with Crippen molar-refractivity contribution < 1.29 is 28.6 Å². The van der Waals surface area contributed by atoms with E-state index >= 15 is 0 Å². The molecule has 6 heteroatoms. The van der Waals surface area contributed by atoms with Crippen LogP contribution in [0.4, 0.5) is 0 Å². The van der Waals surface area contributed by atoms with Crippen molar-refractivity contribution in [1.82, 2.24) is 0 Å². The van der Waals surface area contributed by atoms with Crippen LogP contribution in [-0.4, -0.2) is 37.2 Å². The number of ether oxygens (including phenoxy) is 3. The third-order valence-corrected chi connectivity index (χ3v) is 11.5. The third kappa shape index (κ3) is 50.0. The maximum absolute atomic E-state index is 12.8. The molecule has 0 aliphatic rings. The van der Waals surface area contributed by atoms with E-state index in [1.807, 2.05) is 0 Å². The topological polar surface area (TPSA) is 78.9 Å². The number of hydrogen-bond donors (Lipinski definition) is 0. The van der Waals surface area contributed by atoms with Crippen molar-refractivity contribution in [2.24, 2.45) is 0 Å². The van der Waals surface area contributed by atoms with Gasteiger partial charge in [-0.2, -0.15) is 0 Å². The Morgan fingerprint density at radius 2 is 0.571 bits per heavy atom. The highest BCUT2D eigenvalue weighted by molar-refractivity contribution is 5.71. The highest BCUT2D eigenvalue weighted by atomic mass is 16.6. The summed E-state index contributed by atoms with van der Waals surface area (Å²) in [6.07, 6.45) is 63.4. The predicted octanol–water partition coefficient (Wildman–Crippen LogP) is 17.6. The number of esters is 3. The Morgan fingerprint density at radius 1 is 0.317 bits per heavy atom. The second-order valence-corrected chi connectivity index (χ2v) is 17.8. The normalized spacial score (nSPS) is 12.5. The minimum absolute atomic E-state index is 0.0918. The van der Waals surface area contributed by atoms with Crippen LogP contribution in [0.5, 0.6) is 0 Å². The van der Waals surface area contributed by atoms with Crippen LogP contribution in [0.2, 0.25) is 0 Å². The van der Waals surface area contributed by atoms with Crippen LogP contribution in [0, 0.1) is 0 Å². The first-order valence-corrected chi connectivity index (χ1v) is 26.8. The number of unbranched alkanes of at least 4 members (excludes halogenated alkanes) is 27. The predicted molar refractivity (Wildman–Crippen MR) is 270 cm³/mol. The van der Waals surface area contributed by atoms with Crippen molar-refractivity contribution in [3.8, 4) is 0 Å². The maximum atomic E-state index is 12.8. The number of carbonyl (C=O) groups is 3. The molecular weight excluding hydrogens is 781 g/mol. The SMILES string of the molecule is CCCCC/C=C\C/C=C\C/C=C\CCCCC(=O)OC[C@H](COC(=O)CCCCCCC/C=C\CCCCCCCC)OC(=O)CCCCCCCCC/C=C\CCCCCC. The fourth-order valence-corrected chi connectivity index (χ4v) is 7.38. The Bertz CT molecular complexity index is 1150. The van der Waals surface area contributed by atoms with Gasteiger partial charge in [0, 0.05) is 19.3 Å². The van der Waals surface area contributed by atoms with E-state index in [9.17, 15) is 14.4 Å². The second kappa shape index (κ2) is 51.7. The Morgan fingerprint density at radius 3 is 0.984 bits per heavy atom.